The summed E-state index contributed by atoms with van der Waals surface area (Å²) in [5.74, 6) is -0.971. The molecule has 37 heavy (non-hydrogen) atoms. The molecular formula is C30H30ClNO5. The summed E-state index contributed by atoms with van der Waals surface area (Å²) in [5, 5.41) is 11.9. The fourth-order valence-corrected chi connectivity index (χ4v) is 4.46. The summed E-state index contributed by atoms with van der Waals surface area (Å²) < 4.78 is 11.6. The van der Waals surface area contributed by atoms with Crippen molar-refractivity contribution < 1.29 is 24.2 Å². The van der Waals surface area contributed by atoms with Gasteiger partial charge in [-0.25, -0.2) is 0 Å². The maximum Gasteiger partial charge on any atom is 0.295 e. The van der Waals surface area contributed by atoms with Crippen molar-refractivity contribution in [2.75, 3.05) is 13.2 Å². The molecule has 0 radical (unpaired) electrons. The molecule has 1 unspecified atom stereocenters. The zero-order valence-corrected chi connectivity index (χ0v) is 21.9. The maximum atomic E-state index is 13.2. The number of rotatable bonds is 9. The van der Waals surface area contributed by atoms with Crippen LogP contribution in [-0.4, -0.2) is 41.0 Å². The van der Waals surface area contributed by atoms with E-state index >= 15 is 0 Å². The number of aryl methyl sites for hydroxylation is 1. The third-order valence-corrected chi connectivity index (χ3v) is 6.45. The van der Waals surface area contributed by atoms with Crippen molar-refractivity contribution in [3.63, 3.8) is 0 Å². The lowest BCUT2D eigenvalue weighted by Crippen LogP contribution is -2.33. The number of aliphatic hydroxyl groups is 1. The van der Waals surface area contributed by atoms with Crippen LogP contribution in [0.3, 0.4) is 0 Å². The highest BCUT2D eigenvalue weighted by Gasteiger charge is 2.45. The standard InChI is InChI=1S/C30H30ClNO5/c1-19(2)36-16-15-32-27(22-9-12-24(31)13-10-22)26(29(34)30(32)35)28(33)23-11-14-25(20(3)17-23)37-18-21-7-5-4-6-8-21/h4-14,17,19,27,33H,15-16,18H2,1-3H3/b28-26-. The lowest BCUT2D eigenvalue weighted by atomic mass is 9.95. The van der Waals surface area contributed by atoms with Crippen molar-refractivity contribution in [1.29, 1.82) is 0 Å². The molecule has 1 atom stereocenters. The molecule has 1 fully saturated rings. The van der Waals surface area contributed by atoms with Gasteiger partial charge in [0.05, 0.1) is 24.3 Å². The van der Waals surface area contributed by atoms with E-state index in [1.54, 1.807) is 42.5 Å². The van der Waals surface area contributed by atoms with E-state index in [9.17, 15) is 14.7 Å². The van der Waals surface area contributed by atoms with Gasteiger partial charge in [-0.2, -0.15) is 0 Å². The topological polar surface area (TPSA) is 76.1 Å². The smallest absolute Gasteiger partial charge is 0.295 e. The molecule has 192 valence electrons. The van der Waals surface area contributed by atoms with E-state index in [1.165, 1.54) is 4.90 Å². The minimum absolute atomic E-state index is 0.0172. The molecule has 0 saturated carbocycles. The van der Waals surface area contributed by atoms with Crippen molar-refractivity contribution in [3.8, 4) is 5.75 Å². The molecular weight excluding hydrogens is 490 g/mol. The van der Waals surface area contributed by atoms with E-state index in [-0.39, 0.29) is 30.6 Å². The lowest BCUT2D eigenvalue weighted by molar-refractivity contribution is -0.140. The Morgan fingerprint density at radius 2 is 1.73 bits per heavy atom. The van der Waals surface area contributed by atoms with Gasteiger partial charge in [0.2, 0.25) is 0 Å². The quantitative estimate of drug-likeness (QED) is 0.211. The van der Waals surface area contributed by atoms with Crippen molar-refractivity contribution in [1.82, 2.24) is 4.90 Å². The summed E-state index contributed by atoms with van der Waals surface area (Å²) in [6, 6.07) is 21.2. The predicted molar refractivity (Wildman–Crippen MR) is 144 cm³/mol. The first kappa shape index (κ1) is 26.5. The molecule has 1 aliphatic rings. The van der Waals surface area contributed by atoms with Crippen LogP contribution in [0.25, 0.3) is 5.76 Å². The second-order valence-corrected chi connectivity index (χ2v) is 9.65. The largest absolute Gasteiger partial charge is 0.507 e. The number of ether oxygens (including phenoxy) is 2. The van der Waals surface area contributed by atoms with Crippen LogP contribution in [0.15, 0.2) is 78.4 Å². The van der Waals surface area contributed by atoms with Gasteiger partial charge in [-0.05, 0) is 67.8 Å². The van der Waals surface area contributed by atoms with Gasteiger partial charge in [-0.3, -0.25) is 9.59 Å². The van der Waals surface area contributed by atoms with Crippen LogP contribution in [0.2, 0.25) is 5.02 Å². The molecule has 1 heterocycles. The van der Waals surface area contributed by atoms with E-state index in [0.717, 1.165) is 11.1 Å². The van der Waals surface area contributed by atoms with Crippen molar-refractivity contribution in [3.05, 3.63) is 106 Å². The third kappa shape index (κ3) is 6.04. The number of aliphatic hydroxyl groups excluding tert-OH is 1. The lowest BCUT2D eigenvalue weighted by Gasteiger charge is -2.25. The highest BCUT2D eigenvalue weighted by molar-refractivity contribution is 6.46. The van der Waals surface area contributed by atoms with Crippen LogP contribution in [0.5, 0.6) is 5.75 Å². The number of nitrogens with zero attached hydrogens (tertiary/aromatic N) is 1. The normalized spacial score (nSPS) is 17.0. The number of Topliss-reactive ketones (excluding diaryl/α,β-unsaturated/α-hetero) is 1. The number of amides is 1. The third-order valence-electron chi connectivity index (χ3n) is 6.19. The number of benzene rings is 3. The van der Waals surface area contributed by atoms with Crippen molar-refractivity contribution in [2.45, 2.75) is 39.5 Å². The summed E-state index contributed by atoms with van der Waals surface area (Å²) in [7, 11) is 0. The highest BCUT2D eigenvalue weighted by atomic mass is 35.5. The summed E-state index contributed by atoms with van der Waals surface area (Å²) in [4.78, 5) is 27.7. The minimum Gasteiger partial charge on any atom is -0.507 e. The molecule has 4 rings (SSSR count). The number of carbonyl (C=O) groups is 2. The van der Waals surface area contributed by atoms with Gasteiger partial charge < -0.3 is 19.5 Å². The maximum absolute atomic E-state index is 13.2. The predicted octanol–water partition coefficient (Wildman–Crippen LogP) is 6.07. The fraction of sp³-hybridized carbons (Fsp3) is 0.267. The summed E-state index contributed by atoms with van der Waals surface area (Å²) in [6.45, 7) is 6.56. The van der Waals surface area contributed by atoms with Crippen LogP contribution >= 0.6 is 11.6 Å². The van der Waals surface area contributed by atoms with Crippen LogP contribution < -0.4 is 4.74 Å². The van der Waals surface area contributed by atoms with Crippen molar-refractivity contribution >= 4 is 29.1 Å². The molecule has 3 aromatic carbocycles. The van der Waals surface area contributed by atoms with E-state index in [1.807, 2.05) is 51.1 Å². The van der Waals surface area contributed by atoms with E-state index in [2.05, 4.69) is 0 Å². The Bertz CT molecular complexity index is 1300. The average molecular weight is 520 g/mol. The Labute approximate surface area is 222 Å². The number of carbonyl (C=O) groups excluding carboxylic acids is 2. The SMILES string of the molecule is Cc1cc(/C(O)=C2/C(=O)C(=O)N(CCOC(C)C)C2c2ccc(Cl)cc2)ccc1OCc1ccccc1. The fourth-order valence-electron chi connectivity index (χ4n) is 4.34. The van der Waals surface area contributed by atoms with E-state index in [0.29, 0.717) is 28.5 Å². The number of hydrogen-bond donors (Lipinski definition) is 1. The van der Waals surface area contributed by atoms with Crippen LogP contribution in [0.4, 0.5) is 0 Å². The summed E-state index contributed by atoms with van der Waals surface area (Å²) in [5.41, 5.74) is 2.98. The molecule has 1 saturated heterocycles. The van der Waals surface area contributed by atoms with Gasteiger partial charge in [0.25, 0.3) is 11.7 Å². The second kappa shape index (κ2) is 11.6. The Morgan fingerprint density at radius 3 is 2.38 bits per heavy atom. The molecule has 0 aliphatic carbocycles. The van der Waals surface area contributed by atoms with Crippen LogP contribution in [0, 0.1) is 6.92 Å². The Morgan fingerprint density at radius 1 is 1.03 bits per heavy atom. The number of hydrogen-bond acceptors (Lipinski definition) is 5. The van der Waals surface area contributed by atoms with Gasteiger partial charge in [0, 0.05) is 17.1 Å². The van der Waals surface area contributed by atoms with Gasteiger partial charge in [-0.15, -0.1) is 0 Å². The Kier molecular flexibility index (Phi) is 8.31. The average Bonchev–Trinajstić information content (AvgIpc) is 3.13. The first-order chi connectivity index (χ1) is 17.8. The zero-order chi connectivity index (χ0) is 26.5. The number of likely N-dealkylation sites (tertiary alicyclic amines) is 1. The highest BCUT2D eigenvalue weighted by Crippen LogP contribution is 2.40. The van der Waals surface area contributed by atoms with Crippen LogP contribution in [0.1, 0.15) is 42.1 Å². The molecule has 0 spiro atoms. The summed E-state index contributed by atoms with van der Waals surface area (Å²) >= 11 is 6.08. The molecule has 1 amide bonds. The molecule has 0 aromatic heterocycles. The Hall–Kier alpha value is -3.61. The first-order valence-electron chi connectivity index (χ1n) is 12.2. The summed E-state index contributed by atoms with van der Waals surface area (Å²) in [6.07, 6.45) is -0.0172. The molecule has 3 aromatic rings. The van der Waals surface area contributed by atoms with Gasteiger partial charge in [0.1, 0.15) is 18.1 Å². The van der Waals surface area contributed by atoms with Crippen LogP contribution in [-0.2, 0) is 20.9 Å². The second-order valence-electron chi connectivity index (χ2n) is 9.22. The number of ketones is 1. The van der Waals surface area contributed by atoms with Gasteiger partial charge in [-0.1, -0.05) is 54.1 Å². The monoisotopic (exact) mass is 519 g/mol. The van der Waals surface area contributed by atoms with E-state index < -0.39 is 17.7 Å². The molecule has 1 N–H and O–H groups in total. The first-order valence-corrected chi connectivity index (χ1v) is 12.6. The number of halogens is 1. The molecule has 1 aliphatic heterocycles. The molecule has 0 bridgehead atoms. The van der Waals surface area contributed by atoms with Crippen molar-refractivity contribution in [2.24, 2.45) is 0 Å². The molecule has 7 heteroatoms. The minimum atomic E-state index is -0.762. The van der Waals surface area contributed by atoms with E-state index in [4.69, 9.17) is 21.1 Å². The zero-order valence-electron chi connectivity index (χ0n) is 21.1. The van der Waals surface area contributed by atoms with Gasteiger partial charge >= 0.3 is 0 Å². The van der Waals surface area contributed by atoms with Gasteiger partial charge in [0.15, 0.2) is 0 Å². The Balaban J connectivity index is 1.67. The molecule has 6 nitrogen and oxygen atoms in total.